The van der Waals surface area contributed by atoms with Crippen molar-refractivity contribution in [3.63, 3.8) is 0 Å². The van der Waals surface area contributed by atoms with Crippen molar-refractivity contribution >= 4 is 34.2 Å². The molecule has 3 aliphatic rings. The van der Waals surface area contributed by atoms with E-state index in [-0.39, 0.29) is 47.8 Å². The monoisotopic (exact) mass is 603 g/mol. The molecular weight excluding hydrogens is 562 g/mol. The summed E-state index contributed by atoms with van der Waals surface area (Å²) in [6.07, 6.45) is 3.75. The van der Waals surface area contributed by atoms with Gasteiger partial charge >= 0.3 is 6.09 Å². The predicted molar refractivity (Wildman–Crippen MR) is 161 cm³/mol. The first-order valence-electron chi connectivity index (χ1n) is 14.3. The van der Waals surface area contributed by atoms with Crippen molar-refractivity contribution in [1.29, 1.82) is 0 Å². The van der Waals surface area contributed by atoms with Crippen LogP contribution in [0.1, 0.15) is 50.2 Å². The third kappa shape index (κ3) is 7.24. The second kappa shape index (κ2) is 12.7. The van der Waals surface area contributed by atoms with Crippen LogP contribution in [0.25, 0.3) is 0 Å². The zero-order valence-corrected chi connectivity index (χ0v) is 25.8. The number of carbonyl (C=O) groups is 2. The van der Waals surface area contributed by atoms with Gasteiger partial charge in [0, 0.05) is 51.4 Å². The molecule has 2 atom stereocenters. The molecule has 5 rings (SSSR count). The highest BCUT2D eigenvalue weighted by Crippen LogP contribution is 2.42. The summed E-state index contributed by atoms with van der Waals surface area (Å²) in [6, 6.07) is 17.3. The van der Waals surface area contributed by atoms with Gasteiger partial charge in [-0.05, 0) is 68.3 Å². The predicted octanol–water partition coefficient (Wildman–Crippen LogP) is 4.59. The fourth-order valence-corrected chi connectivity index (χ4v) is 7.25. The lowest BCUT2D eigenvalue weighted by Gasteiger charge is -2.40. The number of sulfone groups is 1. The van der Waals surface area contributed by atoms with Crippen LogP contribution in [0.15, 0.2) is 59.5 Å². The molecule has 0 unspecified atom stereocenters. The molecular formula is C31H42ClN3O5S. The number of rotatable bonds is 6. The number of hydrogen-bond acceptors (Lipinski definition) is 6. The third-order valence-electron chi connectivity index (χ3n) is 8.87. The molecule has 3 heterocycles. The summed E-state index contributed by atoms with van der Waals surface area (Å²) >= 11 is 0. The number of hydrogen-bond donors (Lipinski definition) is 0. The van der Waals surface area contributed by atoms with Gasteiger partial charge in [-0.3, -0.25) is 9.69 Å². The van der Waals surface area contributed by atoms with Gasteiger partial charge < -0.3 is 14.5 Å². The lowest BCUT2D eigenvalue weighted by atomic mass is 9.77. The minimum atomic E-state index is -3.19. The van der Waals surface area contributed by atoms with Gasteiger partial charge in [0.2, 0.25) is 5.91 Å². The number of halogens is 1. The Balaban J connectivity index is 0.00000387. The standard InChI is InChI=1S/C31H41N3O5S.ClH/c1-23(2)39-30(36)34-20-27(25-7-5-4-6-8-25)28(21-34)29(35)33-17-14-31(15-18-33)13-16-32(22-31)19-24-9-11-26(12-10-24)40(3,37)38;/h4-12,23,27-28H,13-22H2,1-3H3;1H/t27-,28-;/m1./s1. The van der Waals surface area contributed by atoms with Crippen molar-refractivity contribution in [3.05, 3.63) is 65.7 Å². The zero-order chi connectivity index (χ0) is 28.5. The first kappa shape index (κ1) is 31.3. The molecule has 2 aromatic carbocycles. The molecule has 2 aromatic rings. The summed E-state index contributed by atoms with van der Waals surface area (Å²) in [6.45, 7) is 8.84. The molecule has 10 heteroatoms. The maximum atomic E-state index is 13.9. The molecule has 0 aromatic heterocycles. The van der Waals surface area contributed by atoms with Gasteiger partial charge in [0.15, 0.2) is 9.84 Å². The van der Waals surface area contributed by atoms with Gasteiger partial charge in [-0.1, -0.05) is 42.5 Å². The number of nitrogens with zero attached hydrogens (tertiary/aromatic N) is 3. The molecule has 3 aliphatic heterocycles. The van der Waals surface area contributed by atoms with E-state index in [4.69, 9.17) is 4.74 Å². The van der Waals surface area contributed by atoms with E-state index < -0.39 is 9.84 Å². The average molecular weight is 604 g/mol. The second-order valence-corrected chi connectivity index (χ2v) is 14.2. The van der Waals surface area contributed by atoms with Crippen LogP contribution in [0.3, 0.4) is 0 Å². The molecule has 0 bridgehead atoms. The maximum absolute atomic E-state index is 13.9. The van der Waals surface area contributed by atoms with E-state index in [0.717, 1.165) is 63.1 Å². The van der Waals surface area contributed by atoms with Crippen LogP contribution in [0.5, 0.6) is 0 Å². The van der Waals surface area contributed by atoms with Crippen LogP contribution in [-0.4, -0.2) is 86.7 Å². The first-order chi connectivity index (χ1) is 19.0. The minimum Gasteiger partial charge on any atom is -0.447 e. The highest BCUT2D eigenvalue weighted by atomic mass is 35.5. The van der Waals surface area contributed by atoms with Crippen LogP contribution in [0, 0.1) is 11.3 Å². The maximum Gasteiger partial charge on any atom is 0.410 e. The molecule has 2 amide bonds. The summed E-state index contributed by atoms with van der Waals surface area (Å²) in [5, 5.41) is 0. The Morgan fingerprint density at radius 3 is 2.17 bits per heavy atom. The number of likely N-dealkylation sites (tertiary alicyclic amines) is 3. The Hall–Kier alpha value is -2.62. The highest BCUT2D eigenvalue weighted by Gasteiger charge is 2.46. The Morgan fingerprint density at radius 1 is 0.927 bits per heavy atom. The topological polar surface area (TPSA) is 87.2 Å². The number of amides is 2. The third-order valence-corrected chi connectivity index (χ3v) is 10.00. The van der Waals surface area contributed by atoms with Crippen LogP contribution >= 0.6 is 12.4 Å². The number of carbonyl (C=O) groups excluding carboxylic acids is 2. The van der Waals surface area contributed by atoms with Crippen molar-refractivity contribution in [2.24, 2.45) is 11.3 Å². The lowest BCUT2D eigenvalue weighted by molar-refractivity contribution is -0.137. The molecule has 0 N–H and O–H groups in total. The van der Waals surface area contributed by atoms with Gasteiger partial charge in [0.05, 0.1) is 16.9 Å². The van der Waals surface area contributed by atoms with E-state index in [1.165, 1.54) is 6.26 Å². The van der Waals surface area contributed by atoms with Gasteiger partial charge in [-0.15, -0.1) is 12.4 Å². The fourth-order valence-electron chi connectivity index (χ4n) is 6.62. The summed E-state index contributed by atoms with van der Waals surface area (Å²) in [4.78, 5) is 33.1. The fraction of sp³-hybridized carbons (Fsp3) is 0.548. The van der Waals surface area contributed by atoms with E-state index in [1.807, 2.05) is 49.1 Å². The van der Waals surface area contributed by atoms with Gasteiger partial charge in [0.1, 0.15) is 0 Å². The van der Waals surface area contributed by atoms with Crippen LogP contribution in [0.2, 0.25) is 0 Å². The second-order valence-electron chi connectivity index (χ2n) is 12.2. The van der Waals surface area contributed by atoms with Crippen molar-refractivity contribution in [1.82, 2.24) is 14.7 Å². The Labute approximate surface area is 250 Å². The molecule has 3 fully saturated rings. The van der Waals surface area contributed by atoms with Crippen molar-refractivity contribution in [2.75, 3.05) is 45.5 Å². The molecule has 41 heavy (non-hydrogen) atoms. The minimum absolute atomic E-state index is 0. The van der Waals surface area contributed by atoms with Crippen LogP contribution < -0.4 is 0 Å². The van der Waals surface area contributed by atoms with Crippen molar-refractivity contribution in [3.8, 4) is 0 Å². The number of ether oxygens (including phenoxy) is 1. The van der Waals surface area contributed by atoms with Crippen molar-refractivity contribution in [2.45, 2.75) is 56.6 Å². The van der Waals surface area contributed by atoms with E-state index in [9.17, 15) is 18.0 Å². The summed E-state index contributed by atoms with van der Waals surface area (Å²) in [7, 11) is -3.19. The molecule has 0 radical (unpaired) electrons. The normalized spacial score (nSPS) is 22.6. The van der Waals surface area contributed by atoms with Crippen molar-refractivity contribution < 1.29 is 22.7 Å². The smallest absolute Gasteiger partial charge is 0.410 e. The summed E-state index contributed by atoms with van der Waals surface area (Å²) in [5.41, 5.74) is 2.42. The number of benzene rings is 2. The molecule has 0 aliphatic carbocycles. The first-order valence-corrected chi connectivity index (χ1v) is 16.2. The van der Waals surface area contributed by atoms with E-state index >= 15 is 0 Å². The summed E-state index contributed by atoms with van der Waals surface area (Å²) < 4.78 is 29.0. The molecule has 3 saturated heterocycles. The lowest BCUT2D eigenvalue weighted by Crippen LogP contribution is -2.47. The van der Waals surface area contributed by atoms with Gasteiger partial charge in [0.25, 0.3) is 0 Å². The molecule has 224 valence electrons. The Kier molecular flexibility index (Phi) is 9.71. The highest BCUT2D eigenvalue weighted by molar-refractivity contribution is 7.90. The van der Waals surface area contributed by atoms with E-state index in [1.54, 1.807) is 17.0 Å². The van der Waals surface area contributed by atoms with E-state index in [0.29, 0.717) is 18.0 Å². The SMILES string of the molecule is CC(C)OC(=O)N1C[C@H](c2ccccc2)[C@H](C(=O)N2CCC3(CCN(Cc4ccc(S(C)(=O)=O)cc4)C3)CC2)C1.Cl. The van der Waals surface area contributed by atoms with Crippen LogP contribution in [-0.2, 0) is 25.9 Å². The quantitative estimate of drug-likeness (QED) is 0.480. The Morgan fingerprint density at radius 2 is 1.56 bits per heavy atom. The van der Waals surface area contributed by atoms with E-state index in [2.05, 4.69) is 17.0 Å². The molecule has 1 spiro atoms. The summed E-state index contributed by atoms with van der Waals surface area (Å²) in [5.74, 6) is -0.170. The largest absolute Gasteiger partial charge is 0.447 e. The number of piperidine rings is 1. The molecule has 8 nitrogen and oxygen atoms in total. The van der Waals surface area contributed by atoms with Crippen LogP contribution in [0.4, 0.5) is 4.79 Å². The van der Waals surface area contributed by atoms with Gasteiger partial charge in [-0.2, -0.15) is 0 Å². The molecule has 0 saturated carbocycles. The van der Waals surface area contributed by atoms with Gasteiger partial charge in [-0.25, -0.2) is 13.2 Å². The average Bonchev–Trinajstić information content (AvgIpc) is 3.54. The Bertz CT molecular complexity index is 1310. The zero-order valence-electron chi connectivity index (χ0n) is 24.2.